The maximum Gasteiger partial charge on any atom is 0.335 e. The van der Waals surface area contributed by atoms with Crippen LogP contribution in [0.1, 0.15) is 6.92 Å². The van der Waals surface area contributed by atoms with Gasteiger partial charge in [0.25, 0.3) is 0 Å². The molecule has 0 heterocycles. The highest BCUT2D eigenvalue weighted by Crippen LogP contribution is 1.91. The van der Waals surface area contributed by atoms with Gasteiger partial charge in [0.1, 0.15) is 0 Å². The number of carboxylic acid groups (broad SMARTS) is 1. The second-order valence-electron chi connectivity index (χ2n) is 1.55. The van der Waals surface area contributed by atoms with Crippen molar-refractivity contribution in [2.45, 2.75) is 6.92 Å². The van der Waals surface area contributed by atoms with Gasteiger partial charge in [0, 0.05) is 12.4 Å². The molecule has 0 aromatic rings. The standard InChI is InChI=1S/C7H9NO2/c1-3-8-5-4-6(2)7(9)10/h3-5H,2H2,1H3,(H,9,10). The third kappa shape index (κ3) is 3.60. The predicted octanol–water partition coefficient (Wildman–Crippen LogP) is 1.23. The molecule has 10 heavy (non-hydrogen) atoms. The monoisotopic (exact) mass is 139 g/mol. The van der Waals surface area contributed by atoms with Crippen LogP contribution in [0.15, 0.2) is 29.4 Å². The normalized spacial score (nSPS) is 10.9. The van der Waals surface area contributed by atoms with Gasteiger partial charge in [-0.3, -0.25) is 4.99 Å². The van der Waals surface area contributed by atoms with Crippen molar-refractivity contribution in [1.82, 2.24) is 0 Å². The van der Waals surface area contributed by atoms with Crippen molar-refractivity contribution in [2.24, 2.45) is 4.99 Å². The van der Waals surface area contributed by atoms with Gasteiger partial charge in [0.2, 0.25) is 0 Å². The van der Waals surface area contributed by atoms with Crippen LogP contribution in [0.2, 0.25) is 0 Å². The van der Waals surface area contributed by atoms with Crippen LogP contribution in [-0.2, 0) is 4.79 Å². The van der Waals surface area contributed by atoms with Crippen LogP contribution in [0, 0.1) is 0 Å². The van der Waals surface area contributed by atoms with Crippen molar-refractivity contribution in [3.05, 3.63) is 24.4 Å². The van der Waals surface area contributed by atoms with Crippen LogP contribution in [0.3, 0.4) is 0 Å². The number of carbonyl (C=O) groups is 1. The Labute approximate surface area is 59.4 Å². The topological polar surface area (TPSA) is 49.7 Å². The van der Waals surface area contributed by atoms with E-state index >= 15 is 0 Å². The molecule has 0 aliphatic heterocycles. The zero-order chi connectivity index (χ0) is 7.98. The molecule has 1 N–H and O–H groups in total. The third-order valence-electron chi connectivity index (χ3n) is 0.786. The molecule has 0 unspecified atom stereocenters. The van der Waals surface area contributed by atoms with Crippen LogP contribution in [0.25, 0.3) is 0 Å². The molecule has 0 rings (SSSR count). The molecule has 0 saturated heterocycles. The average molecular weight is 139 g/mol. The predicted molar refractivity (Wildman–Crippen MR) is 40.1 cm³/mol. The highest BCUT2D eigenvalue weighted by atomic mass is 16.4. The van der Waals surface area contributed by atoms with Gasteiger partial charge in [0.05, 0.1) is 5.57 Å². The molecular formula is C7H9NO2. The fourth-order valence-corrected chi connectivity index (χ4v) is 0.290. The fraction of sp³-hybridized carbons (Fsp3) is 0.143. The number of carboxylic acids is 1. The van der Waals surface area contributed by atoms with Crippen molar-refractivity contribution in [2.75, 3.05) is 0 Å². The van der Waals surface area contributed by atoms with Crippen molar-refractivity contribution >= 4 is 12.2 Å². The molecule has 0 aromatic heterocycles. The lowest BCUT2D eigenvalue weighted by Gasteiger charge is -1.85. The average Bonchev–Trinajstić information content (AvgIpc) is 1.88. The van der Waals surface area contributed by atoms with Crippen LogP contribution in [0.4, 0.5) is 0 Å². The summed E-state index contributed by atoms with van der Waals surface area (Å²) in [7, 11) is 0. The van der Waals surface area contributed by atoms with Crippen LogP contribution in [-0.4, -0.2) is 17.3 Å². The van der Waals surface area contributed by atoms with Gasteiger partial charge in [0.15, 0.2) is 0 Å². The van der Waals surface area contributed by atoms with Crippen molar-refractivity contribution in [3.8, 4) is 0 Å². The summed E-state index contributed by atoms with van der Waals surface area (Å²) in [6, 6.07) is 0. The van der Waals surface area contributed by atoms with Gasteiger partial charge in [-0.1, -0.05) is 6.58 Å². The molecule has 0 aromatic carbocycles. The molecule has 0 aliphatic carbocycles. The molecule has 0 spiro atoms. The van der Waals surface area contributed by atoms with E-state index in [0.29, 0.717) is 0 Å². The molecule has 0 saturated carbocycles. The molecule has 0 aliphatic rings. The first-order valence-corrected chi connectivity index (χ1v) is 2.75. The van der Waals surface area contributed by atoms with Gasteiger partial charge < -0.3 is 5.11 Å². The summed E-state index contributed by atoms with van der Waals surface area (Å²) < 4.78 is 0. The Morgan fingerprint density at radius 2 is 2.30 bits per heavy atom. The minimum atomic E-state index is -1.03. The Bertz CT molecular complexity index is 192. The molecule has 0 radical (unpaired) electrons. The largest absolute Gasteiger partial charge is 0.478 e. The lowest BCUT2D eigenvalue weighted by Crippen LogP contribution is -1.94. The maximum atomic E-state index is 10.1. The van der Waals surface area contributed by atoms with Crippen LogP contribution in [0.5, 0.6) is 0 Å². The first-order chi connectivity index (χ1) is 4.68. The van der Waals surface area contributed by atoms with Gasteiger partial charge in [-0.15, -0.1) is 0 Å². The minimum Gasteiger partial charge on any atom is -0.478 e. The summed E-state index contributed by atoms with van der Waals surface area (Å²) in [6.07, 6.45) is 4.28. The molecule has 0 atom stereocenters. The maximum absolute atomic E-state index is 10.1. The zero-order valence-corrected chi connectivity index (χ0v) is 5.74. The lowest BCUT2D eigenvalue weighted by molar-refractivity contribution is -0.132. The quantitative estimate of drug-likeness (QED) is 0.363. The second-order valence-corrected chi connectivity index (χ2v) is 1.55. The molecule has 3 nitrogen and oxygen atoms in total. The minimum absolute atomic E-state index is 0.0330. The van der Waals surface area contributed by atoms with E-state index in [1.807, 2.05) is 0 Å². The van der Waals surface area contributed by atoms with E-state index in [1.165, 1.54) is 12.3 Å². The molecule has 54 valence electrons. The van der Waals surface area contributed by atoms with E-state index in [2.05, 4.69) is 11.6 Å². The lowest BCUT2D eigenvalue weighted by atomic mass is 10.3. The Kier molecular flexibility index (Phi) is 3.87. The highest BCUT2D eigenvalue weighted by Gasteiger charge is 1.95. The van der Waals surface area contributed by atoms with Gasteiger partial charge >= 0.3 is 5.97 Å². The molecular weight excluding hydrogens is 130 g/mol. The van der Waals surface area contributed by atoms with E-state index < -0.39 is 5.97 Å². The van der Waals surface area contributed by atoms with Gasteiger partial charge in [-0.25, -0.2) is 4.79 Å². The van der Waals surface area contributed by atoms with Crippen molar-refractivity contribution in [1.29, 1.82) is 0 Å². The SMILES string of the molecule is C=C(C=CN=CC)C(=O)O. The summed E-state index contributed by atoms with van der Waals surface area (Å²) in [5.74, 6) is -1.03. The Hall–Kier alpha value is -1.38. The van der Waals surface area contributed by atoms with E-state index in [9.17, 15) is 4.79 Å². The first kappa shape index (κ1) is 8.62. The fourth-order valence-electron chi connectivity index (χ4n) is 0.290. The van der Waals surface area contributed by atoms with Crippen LogP contribution >= 0.6 is 0 Å². The van der Waals surface area contributed by atoms with E-state index in [4.69, 9.17) is 5.11 Å². The van der Waals surface area contributed by atoms with Gasteiger partial charge in [-0.05, 0) is 13.0 Å². The third-order valence-corrected chi connectivity index (χ3v) is 0.786. The van der Waals surface area contributed by atoms with Crippen molar-refractivity contribution in [3.63, 3.8) is 0 Å². The first-order valence-electron chi connectivity index (χ1n) is 2.75. The molecule has 0 bridgehead atoms. The summed E-state index contributed by atoms with van der Waals surface area (Å²) >= 11 is 0. The Morgan fingerprint density at radius 1 is 1.70 bits per heavy atom. The summed E-state index contributed by atoms with van der Waals surface area (Å²) in [4.78, 5) is 13.8. The zero-order valence-electron chi connectivity index (χ0n) is 5.74. The number of rotatable bonds is 3. The number of hydrogen-bond acceptors (Lipinski definition) is 2. The van der Waals surface area contributed by atoms with E-state index in [0.717, 1.165) is 0 Å². The molecule has 3 heteroatoms. The van der Waals surface area contributed by atoms with Gasteiger partial charge in [-0.2, -0.15) is 0 Å². The summed E-state index contributed by atoms with van der Waals surface area (Å²) in [6.45, 7) is 5.01. The Balaban J connectivity index is 3.90. The molecule has 0 amide bonds. The second kappa shape index (κ2) is 4.49. The van der Waals surface area contributed by atoms with Crippen molar-refractivity contribution < 1.29 is 9.90 Å². The van der Waals surface area contributed by atoms with Crippen LogP contribution < -0.4 is 0 Å². The smallest absolute Gasteiger partial charge is 0.335 e. The number of hydrogen-bond donors (Lipinski definition) is 1. The van der Waals surface area contributed by atoms with E-state index in [-0.39, 0.29) is 5.57 Å². The number of aliphatic imine (C=N–C) groups is 1. The summed E-state index contributed by atoms with van der Waals surface area (Å²) in [5, 5.41) is 8.28. The highest BCUT2D eigenvalue weighted by molar-refractivity contribution is 5.88. The number of aliphatic carboxylic acids is 1. The Morgan fingerprint density at radius 3 is 2.70 bits per heavy atom. The summed E-state index contributed by atoms with van der Waals surface area (Å²) in [5.41, 5.74) is 0.0330. The number of nitrogens with zero attached hydrogens (tertiary/aromatic N) is 1. The van der Waals surface area contributed by atoms with E-state index in [1.54, 1.807) is 13.1 Å². The molecule has 0 fully saturated rings.